The van der Waals surface area contributed by atoms with Crippen LogP contribution in [0.5, 0.6) is 0 Å². The van der Waals surface area contributed by atoms with Crippen LogP contribution in [-0.2, 0) is 0 Å². The summed E-state index contributed by atoms with van der Waals surface area (Å²) in [6.45, 7) is 4.40. The molecule has 0 aliphatic carbocycles. The Bertz CT molecular complexity index is 341. The van der Waals surface area contributed by atoms with Crippen LogP contribution in [0, 0.1) is 11.6 Å². The lowest BCUT2D eigenvalue weighted by atomic mass is 10.1. The van der Waals surface area contributed by atoms with Gasteiger partial charge in [0.15, 0.2) is 0 Å². The molecule has 0 fully saturated rings. The molecular formula is C11H13F2NO. The van der Waals surface area contributed by atoms with Gasteiger partial charge in [-0.15, -0.1) is 0 Å². The van der Waals surface area contributed by atoms with E-state index in [9.17, 15) is 13.6 Å². The Hall–Kier alpha value is -1.45. The predicted molar refractivity (Wildman–Crippen MR) is 53.6 cm³/mol. The van der Waals surface area contributed by atoms with Crippen LogP contribution in [0.15, 0.2) is 18.2 Å². The molecule has 82 valence electrons. The molecule has 4 heteroatoms. The van der Waals surface area contributed by atoms with Gasteiger partial charge in [-0.05, 0) is 26.0 Å². The lowest BCUT2D eigenvalue weighted by Gasteiger charge is -2.19. The minimum Gasteiger partial charge on any atom is -0.339 e. The second-order valence-corrected chi connectivity index (χ2v) is 3.07. The van der Waals surface area contributed by atoms with Gasteiger partial charge in [-0.25, -0.2) is 8.78 Å². The van der Waals surface area contributed by atoms with Gasteiger partial charge in [0.05, 0.1) is 0 Å². The number of hydrogen-bond acceptors (Lipinski definition) is 1. The molecule has 0 N–H and O–H groups in total. The van der Waals surface area contributed by atoms with Gasteiger partial charge in [-0.2, -0.15) is 0 Å². The van der Waals surface area contributed by atoms with Gasteiger partial charge in [0.2, 0.25) is 0 Å². The van der Waals surface area contributed by atoms with Crippen molar-refractivity contribution in [1.29, 1.82) is 0 Å². The molecule has 0 aliphatic heterocycles. The maximum atomic E-state index is 13.2. The molecule has 1 amide bonds. The van der Waals surface area contributed by atoms with Gasteiger partial charge in [-0.3, -0.25) is 4.79 Å². The third kappa shape index (κ3) is 2.32. The van der Waals surface area contributed by atoms with E-state index >= 15 is 0 Å². The lowest BCUT2D eigenvalue weighted by Crippen LogP contribution is -2.31. The highest BCUT2D eigenvalue weighted by atomic mass is 19.1. The highest BCUT2D eigenvalue weighted by Gasteiger charge is 2.20. The molecular weight excluding hydrogens is 200 g/mol. The first-order valence-electron chi connectivity index (χ1n) is 4.85. The number of rotatable bonds is 3. The van der Waals surface area contributed by atoms with Gasteiger partial charge >= 0.3 is 0 Å². The SMILES string of the molecule is CCN(CC)C(=O)c1c(F)cccc1F. The highest BCUT2D eigenvalue weighted by Crippen LogP contribution is 2.14. The molecule has 0 unspecified atom stereocenters. The summed E-state index contributed by atoms with van der Waals surface area (Å²) < 4.78 is 26.5. The van der Waals surface area contributed by atoms with Crippen molar-refractivity contribution in [3.8, 4) is 0 Å². The van der Waals surface area contributed by atoms with Gasteiger partial charge < -0.3 is 4.90 Å². The van der Waals surface area contributed by atoms with Crippen molar-refractivity contribution in [3.63, 3.8) is 0 Å². The van der Waals surface area contributed by atoms with Crippen LogP contribution in [0.3, 0.4) is 0 Å². The van der Waals surface area contributed by atoms with E-state index in [2.05, 4.69) is 0 Å². The van der Waals surface area contributed by atoms with Crippen LogP contribution in [0.25, 0.3) is 0 Å². The van der Waals surface area contributed by atoms with Crippen molar-refractivity contribution < 1.29 is 13.6 Å². The number of carbonyl (C=O) groups is 1. The van der Waals surface area contributed by atoms with Gasteiger partial charge in [-0.1, -0.05) is 6.07 Å². The second-order valence-electron chi connectivity index (χ2n) is 3.07. The van der Waals surface area contributed by atoms with Crippen LogP contribution in [0.2, 0.25) is 0 Å². The Morgan fingerprint density at radius 3 is 2.07 bits per heavy atom. The fraction of sp³-hybridized carbons (Fsp3) is 0.364. The molecule has 0 aromatic heterocycles. The molecule has 1 rings (SSSR count). The number of carbonyl (C=O) groups excluding carboxylic acids is 1. The average Bonchev–Trinajstić information content (AvgIpc) is 2.19. The van der Waals surface area contributed by atoms with E-state index in [1.165, 1.54) is 11.0 Å². The Balaban J connectivity index is 3.10. The summed E-state index contributed by atoms with van der Waals surface area (Å²) >= 11 is 0. The van der Waals surface area contributed by atoms with Gasteiger partial charge in [0.25, 0.3) is 5.91 Å². The highest BCUT2D eigenvalue weighted by molar-refractivity contribution is 5.94. The zero-order chi connectivity index (χ0) is 11.4. The van der Waals surface area contributed by atoms with Crippen LogP contribution in [0.4, 0.5) is 8.78 Å². The smallest absolute Gasteiger partial charge is 0.259 e. The first-order chi connectivity index (χ1) is 7.11. The number of amides is 1. The standard InChI is InChI=1S/C11H13F2NO/c1-3-14(4-2)11(15)10-8(12)6-5-7-9(10)13/h5-7H,3-4H2,1-2H3. The minimum atomic E-state index is -0.813. The van der Waals surface area contributed by atoms with Crippen LogP contribution >= 0.6 is 0 Å². The molecule has 0 radical (unpaired) electrons. The first kappa shape index (κ1) is 11.6. The average molecular weight is 213 g/mol. The Labute approximate surface area is 87.5 Å². The summed E-state index contributed by atoms with van der Waals surface area (Å²) in [6.07, 6.45) is 0. The third-order valence-electron chi connectivity index (χ3n) is 2.23. The quantitative estimate of drug-likeness (QED) is 0.755. The maximum absolute atomic E-state index is 13.2. The van der Waals surface area contributed by atoms with E-state index in [-0.39, 0.29) is 0 Å². The fourth-order valence-electron chi connectivity index (χ4n) is 1.37. The number of benzene rings is 1. The molecule has 1 aromatic carbocycles. The van der Waals surface area contributed by atoms with Crippen LogP contribution in [-0.4, -0.2) is 23.9 Å². The second kappa shape index (κ2) is 4.87. The zero-order valence-electron chi connectivity index (χ0n) is 8.76. The Kier molecular flexibility index (Phi) is 3.77. The van der Waals surface area contributed by atoms with Crippen molar-refractivity contribution in [2.45, 2.75) is 13.8 Å². The Morgan fingerprint density at radius 1 is 1.20 bits per heavy atom. The first-order valence-corrected chi connectivity index (χ1v) is 4.85. The summed E-state index contributed by atoms with van der Waals surface area (Å²) in [7, 11) is 0. The summed E-state index contributed by atoms with van der Waals surface area (Å²) in [5.74, 6) is -2.23. The molecule has 0 heterocycles. The topological polar surface area (TPSA) is 20.3 Å². The number of halogens is 2. The van der Waals surface area contributed by atoms with E-state index in [1.807, 2.05) is 0 Å². The third-order valence-corrected chi connectivity index (χ3v) is 2.23. The van der Waals surface area contributed by atoms with Crippen LogP contribution < -0.4 is 0 Å². The molecule has 0 atom stereocenters. The summed E-state index contributed by atoms with van der Waals surface area (Å²) in [5.41, 5.74) is -0.471. The molecule has 2 nitrogen and oxygen atoms in total. The number of nitrogens with zero attached hydrogens (tertiary/aromatic N) is 1. The molecule has 15 heavy (non-hydrogen) atoms. The maximum Gasteiger partial charge on any atom is 0.259 e. The molecule has 1 aromatic rings. The van der Waals surface area contributed by atoms with E-state index in [0.717, 1.165) is 12.1 Å². The summed E-state index contributed by atoms with van der Waals surface area (Å²) in [4.78, 5) is 13.1. The molecule has 0 spiro atoms. The molecule has 0 saturated carbocycles. The Morgan fingerprint density at radius 2 is 1.67 bits per heavy atom. The van der Waals surface area contributed by atoms with E-state index in [4.69, 9.17) is 0 Å². The van der Waals surface area contributed by atoms with Crippen molar-refractivity contribution in [3.05, 3.63) is 35.4 Å². The van der Waals surface area contributed by atoms with E-state index in [0.29, 0.717) is 13.1 Å². The molecule has 0 bridgehead atoms. The van der Waals surface area contributed by atoms with Crippen molar-refractivity contribution >= 4 is 5.91 Å². The van der Waals surface area contributed by atoms with Gasteiger partial charge in [0, 0.05) is 13.1 Å². The molecule has 0 saturated heterocycles. The summed E-state index contributed by atoms with van der Waals surface area (Å²) in [5, 5.41) is 0. The van der Waals surface area contributed by atoms with Crippen molar-refractivity contribution in [1.82, 2.24) is 4.90 Å². The largest absolute Gasteiger partial charge is 0.339 e. The summed E-state index contributed by atoms with van der Waals surface area (Å²) in [6, 6.07) is 3.41. The monoisotopic (exact) mass is 213 g/mol. The van der Waals surface area contributed by atoms with Gasteiger partial charge in [0.1, 0.15) is 17.2 Å². The van der Waals surface area contributed by atoms with E-state index < -0.39 is 23.1 Å². The number of hydrogen-bond donors (Lipinski definition) is 0. The van der Waals surface area contributed by atoms with Crippen molar-refractivity contribution in [2.75, 3.05) is 13.1 Å². The predicted octanol–water partition coefficient (Wildman–Crippen LogP) is 2.45. The fourth-order valence-corrected chi connectivity index (χ4v) is 1.37. The molecule has 0 aliphatic rings. The zero-order valence-corrected chi connectivity index (χ0v) is 8.76. The van der Waals surface area contributed by atoms with E-state index in [1.54, 1.807) is 13.8 Å². The minimum absolute atomic E-state index is 0.434. The normalized spacial score (nSPS) is 10.1. The lowest BCUT2D eigenvalue weighted by molar-refractivity contribution is 0.0763. The van der Waals surface area contributed by atoms with Crippen molar-refractivity contribution in [2.24, 2.45) is 0 Å². The van der Waals surface area contributed by atoms with Crippen LogP contribution in [0.1, 0.15) is 24.2 Å².